The summed E-state index contributed by atoms with van der Waals surface area (Å²) in [5.41, 5.74) is 1.76. The number of hydrogen-bond donors (Lipinski definition) is 0. The van der Waals surface area contributed by atoms with Gasteiger partial charge in [0, 0.05) is 31.3 Å². The molecule has 2 aromatic heterocycles. The van der Waals surface area contributed by atoms with Crippen LogP contribution in [0.3, 0.4) is 0 Å². The second-order valence-corrected chi connectivity index (χ2v) is 5.52. The third kappa shape index (κ3) is 2.68. The number of fused-ring (bicyclic) bond motifs is 1. The molecular formula is C17H23N3O2. The molecule has 1 aliphatic rings. The van der Waals surface area contributed by atoms with E-state index in [0.29, 0.717) is 18.7 Å². The number of amides is 1. The van der Waals surface area contributed by atoms with Gasteiger partial charge in [0.05, 0.1) is 12.2 Å². The molecule has 0 N–H and O–H groups in total. The van der Waals surface area contributed by atoms with Gasteiger partial charge in [-0.05, 0) is 51.0 Å². The molecule has 1 aliphatic heterocycles. The number of anilines is 1. The van der Waals surface area contributed by atoms with Crippen LogP contribution in [0, 0.1) is 0 Å². The number of pyridine rings is 1. The lowest BCUT2D eigenvalue weighted by molar-refractivity contribution is -0.144. The molecule has 3 heterocycles. The van der Waals surface area contributed by atoms with E-state index in [9.17, 15) is 4.79 Å². The lowest BCUT2D eigenvalue weighted by Gasteiger charge is -2.26. The van der Waals surface area contributed by atoms with E-state index in [4.69, 9.17) is 4.84 Å². The molecule has 1 saturated heterocycles. The first-order valence-electron chi connectivity index (χ1n) is 8.05. The van der Waals surface area contributed by atoms with Gasteiger partial charge in [-0.25, -0.2) is 5.06 Å². The Labute approximate surface area is 131 Å². The Morgan fingerprint density at radius 1 is 1.18 bits per heavy atom. The van der Waals surface area contributed by atoms with Gasteiger partial charge in [0.15, 0.2) is 0 Å². The fourth-order valence-corrected chi connectivity index (χ4v) is 2.92. The fourth-order valence-electron chi connectivity index (χ4n) is 2.92. The van der Waals surface area contributed by atoms with Crippen molar-refractivity contribution in [2.45, 2.75) is 26.7 Å². The maximum Gasteiger partial charge on any atom is 0.278 e. The highest BCUT2D eigenvalue weighted by Gasteiger charge is 2.20. The van der Waals surface area contributed by atoms with Gasteiger partial charge in [0.25, 0.3) is 5.91 Å². The number of aromatic nitrogens is 1. The molecule has 0 aliphatic carbocycles. The number of nitrogens with zero attached hydrogens (tertiary/aromatic N) is 3. The maximum absolute atomic E-state index is 12.6. The molecule has 3 rings (SSSR count). The third-order valence-corrected chi connectivity index (χ3v) is 4.19. The Hall–Kier alpha value is -2.01. The molecular weight excluding hydrogens is 278 g/mol. The van der Waals surface area contributed by atoms with E-state index in [1.54, 1.807) is 0 Å². The highest BCUT2D eigenvalue weighted by Crippen LogP contribution is 2.21. The molecule has 0 saturated carbocycles. The number of hydroxylamine groups is 2. The number of carbonyl (C=O) groups is 1. The van der Waals surface area contributed by atoms with Crippen molar-refractivity contribution in [3.05, 3.63) is 36.0 Å². The second kappa shape index (κ2) is 6.40. The summed E-state index contributed by atoms with van der Waals surface area (Å²) in [7, 11) is 0. The van der Waals surface area contributed by atoms with Crippen molar-refractivity contribution in [1.29, 1.82) is 0 Å². The lowest BCUT2D eigenvalue weighted by Crippen LogP contribution is -2.35. The number of rotatable bonds is 4. The summed E-state index contributed by atoms with van der Waals surface area (Å²) in [6.45, 7) is 7.46. The van der Waals surface area contributed by atoms with Gasteiger partial charge in [-0.3, -0.25) is 9.63 Å². The van der Waals surface area contributed by atoms with Crippen LogP contribution < -0.4 is 4.90 Å². The van der Waals surface area contributed by atoms with Gasteiger partial charge < -0.3 is 9.30 Å². The highest BCUT2D eigenvalue weighted by atomic mass is 16.7. The van der Waals surface area contributed by atoms with Crippen LogP contribution >= 0.6 is 0 Å². The standard InChI is InChI=1S/C17H23N3O2/c1-3-18(4-2)16-10-9-15-8-7-14(13-19(15)16)17(21)20-11-5-6-12-22-20/h7-10,13H,3-6,11-12H2,1-2H3. The molecule has 0 unspecified atom stereocenters. The Balaban J connectivity index is 1.94. The van der Waals surface area contributed by atoms with E-state index in [0.717, 1.165) is 37.3 Å². The van der Waals surface area contributed by atoms with Gasteiger partial charge in [-0.1, -0.05) is 0 Å². The van der Waals surface area contributed by atoms with Gasteiger partial charge in [-0.2, -0.15) is 0 Å². The summed E-state index contributed by atoms with van der Waals surface area (Å²) >= 11 is 0. The van der Waals surface area contributed by atoms with Crippen molar-refractivity contribution < 1.29 is 9.63 Å². The Morgan fingerprint density at radius 2 is 1.95 bits per heavy atom. The molecule has 0 aromatic carbocycles. The SMILES string of the molecule is CCN(CC)c1ccc2ccc(C(=O)N3CCCCO3)cn12. The summed E-state index contributed by atoms with van der Waals surface area (Å²) in [5, 5.41) is 1.49. The Kier molecular flexibility index (Phi) is 4.34. The molecule has 5 nitrogen and oxygen atoms in total. The predicted octanol–water partition coefficient (Wildman–Crippen LogP) is 2.95. The average molecular weight is 301 g/mol. The summed E-state index contributed by atoms with van der Waals surface area (Å²) in [5.74, 6) is 1.06. The van der Waals surface area contributed by atoms with Gasteiger partial charge in [-0.15, -0.1) is 0 Å². The summed E-state index contributed by atoms with van der Waals surface area (Å²) in [6, 6.07) is 8.05. The zero-order valence-corrected chi connectivity index (χ0v) is 13.3. The normalized spacial score (nSPS) is 15.3. The molecule has 0 spiro atoms. The van der Waals surface area contributed by atoms with Crippen LogP contribution in [0.4, 0.5) is 5.82 Å². The van der Waals surface area contributed by atoms with Crippen LogP contribution in [0.15, 0.2) is 30.5 Å². The van der Waals surface area contributed by atoms with Crippen molar-refractivity contribution in [2.24, 2.45) is 0 Å². The van der Waals surface area contributed by atoms with E-state index < -0.39 is 0 Å². The van der Waals surface area contributed by atoms with Gasteiger partial charge in [0.1, 0.15) is 5.82 Å². The van der Waals surface area contributed by atoms with E-state index >= 15 is 0 Å². The molecule has 5 heteroatoms. The third-order valence-electron chi connectivity index (χ3n) is 4.19. The van der Waals surface area contributed by atoms with Crippen molar-refractivity contribution in [1.82, 2.24) is 9.46 Å². The largest absolute Gasteiger partial charge is 0.358 e. The minimum atomic E-state index is -0.0548. The van der Waals surface area contributed by atoms with Gasteiger partial charge in [0.2, 0.25) is 0 Å². The summed E-state index contributed by atoms with van der Waals surface area (Å²) in [6.07, 6.45) is 3.94. The van der Waals surface area contributed by atoms with Crippen LogP contribution in [0.25, 0.3) is 5.52 Å². The first-order valence-corrected chi connectivity index (χ1v) is 8.05. The molecule has 0 bridgehead atoms. The van der Waals surface area contributed by atoms with E-state index in [2.05, 4.69) is 35.3 Å². The molecule has 0 radical (unpaired) electrons. The smallest absolute Gasteiger partial charge is 0.278 e. The molecule has 118 valence electrons. The van der Waals surface area contributed by atoms with Gasteiger partial charge >= 0.3 is 0 Å². The topological polar surface area (TPSA) is 37.2 Å². The molecule has 1 amide bonds. The van der Waals surface area contributed by atoms with Crippen LogP contribution in [0.5, 0.6) is 0 Å². The number of carbonyl (C=O) groups excluding carboxylic acids is 1. The fraction of sp³-hybridized carbons (Fsp3) is 0.471. The molecule has 22 heavy (non-hydrogen) atoms. The molecule has 1 fully saturated rings. The van der Waals surface area contributed by atoms with Crippen LogP contribution in [-0.4, -0.2) is 41.6 Å². The Morgan fingerprint density at radius 3 is 2.64 bits per heavy atom. The summed E-state index contributed by atoms with van der Waals surface area (Å²) < 4.78 is 2.09. The van der Waals surface area contributed by atoms with E-state index in [1.165, 1.54) is 5.06 Å². The minimum Gasteiger partial charge on any atom is -0.358 e. The first-order chi connectivity index (χ1) is 10.7. The van der Waals surface area contributed by atoms with Crippen LogP contribution in [0.2, 0.25) is 0 Å². The zero-order valence-electron chi connectivity index (χ0n) is 13.3. The van der Waals surface area contributed by atoms with Crippen LogP contribution in [0.1, 0.15) is 37.0 Å². The summed E-state index contributed by atoms with van der Waals surface area (Å²) in [4.78, 5) is 20.3. The van der Waals surface area contributed by atoms with Crippen molar-refractivity contribution >= 4 is 17.2 Å². The van der Waals surface area contributed by atoms with E-state index in [1.807, 2.05) is 18.3 Å². The lowest BCUT2D eigenvalue weighted by atomic mass is 10.2. The molecule has 0 atom stereocenters. The predicted molar refractivity (Wildman–Crippen MR) is 87.2 cm³/mol. The maximum atomic E-state index is 12.6. The quantitative estimate of drug-likeness (QED) is 0.871. The average Bonchev–Trinajstić information content (AvgIpc) is 2.99. The second-order valence-electron chi connectivity index (χ2n) is 5.52. The highest BCUT2D eigenvalue weighted by molar-refractivity contribution is 5.93. The number of hydrogen-bond acceptors (Lipinski definition) is 3. The first kappa shape index (κ1) is 14.9. The Bertz CT molecular complexity index is 655. The molecule has 2 aromatic rings. The van der Waals surface area contributed by atoms with Crippen molar-refractivity contribution in [3.63, 3.8) is 0 Å². The van der Waals surface area contributed by atoms with Crippen molar-refractivity contribution in [2.75, 3.05) is 31.1 Å². The van der Waals surface area contributed by atoms with Crippen LogP contribution in [-0.2, 0) is 4.84 Å². The van der Waals surface area contributed by atoms with Crippen molar-refractivity contribution in [3.8, 4) is 0 Å². The monoisotopic (exact) mass is 301 g/mol. The zero-order chi connectivity index (χ0) is 15.5. The minimum absolute atomic E-state index is 0.0548. The van der Waals surface area contributed by atoms with E-state index in [-0.39, 0.29) is 5.91 Å².